The van der Waals surface area contributed by atoms with Crippen LogP contribution in [-0.4, -0.2) is 55.0 Å². The van der Waals surface area contributed by atoms with Crippen molar-refractivity contribution in [3.05, 3.63) is 59.2 Å². The number of nitriles is 1. The van der Waals surface area contributed by atoms with Crippen LogP contribution in [0.4, 0.5) is 5.69 Å². The molecule has 0 saturated carbocycles. The van der Waals surface area contributed by atoms with Gasteiger partial charge < -0.3 is 15.2 Å². The number of aliphatic hydroxyl groups excluding tert-OH is 1. The number of hydrogen-bond donors (Lipinski definition) is 2. The second-order valence-corrected chi connectivity index (χ2v) is 9.47. The van der Waals surface area contributed by atoms with E-state index in [9.17, 15) is 23.1 Å². The summed E-state index contributed by atoms with van der Waals surface area (Å²) in [5.41, 5.74) is 2.42. The molecule has 1 aliphatic rings. The fraction of sp³-hybridized carbons (Fsp3) is 0.318. The number of aliphatic hydroxyl groups is 1. The molecule has 0 spiro atoms. The fourth-order valence-electron chi connectivity index (χ4n) is 3.37. The summed E-state index contributed by atoms with van der Waals surface area (Å²) in [6, 6.07) is 11.6. The number of benzene rings is 2. The number of ether oxygens (including phenoxy) is 1. The van der Waals surface area contributed by atoms with Crippen molar-refractivity contribution in [3.63, 3.8) is 0 Å². The molecule has 0 aromatic heterocycles. The number of β-amino-alcohol motifs (C(OH)–C–C–N with tert-alkyl or cyclic N) is 1. The lowest BCUT2D eigenvalue weighted by atomic mass is 10.1. The molecule has 2 aromatic rings. The van der Waals surface area contributed by atoms with E-state index in [1.54, 1.807) is 31.2 Å². The molecule has 1 saturated heterocycles. The first-order valence-corrected chi connectivity index (χ1v) is 11.3. The van der Waals surface area contributed by atoms with Gasteiger partial charge in [0.05, 0.1) is 22.6 Å². The van der Waals surface area contributed by atoms with Crippen molar-refractivity contribution in [1.82, 2.24) is 4.31 Å². The highest BCUT2D eigenvalue weighted by Crippen LogP contribution is 2.28. The van der Waals surface area contributed by atoms with Gasteiger partial charge in [-0.2, -0.15) is 9.57 Å². The number of carbonyl (C=O) groups excluding carboxylic acids is 2. The number of hydrogen-bond acceptors (Lipinski definition) is 7. The summed E-state index contributed by atoms with van der Waals surface area (Å²) in [7, 11) is -4.06. The van der Waals surface area contributed by atoms with Crippen LogP contribution in [0.1, 0.15) is 23.1 Å². The van der Waals surface area contributed by atoms with Gasteiger partial charge in [0.2, 0.25) is 10.0 Å². The number of nitrogens with one attached hydrogen (secondary N) is 1. The molecule has 0 aliphatic carbocycles. The molecule has 1 unspecified atom stereocenters. The number of aryl methyl sites for hydroxylation is 2. The normalized spacial score (nSPS) is 18.7. The lowest BCUT2D eigenvalue weighted by Gasteiger charge is -2.22. The minimum atomic E-state index is -4.06. The number of sulfonamides is 1. The summed E-state index contributed by atoms with van der Waals surface area (Å²) in [5, 5.41) is 21.4. The molecule has 3 rings (SSSR count). The van der Waals surface area contributed by atoms with Gasteiger partial charge in [-0.25, -0.2) is 8.42 Å². The number of anilines is 1. The van der Waals surface area contributed by atoms with Crippen molar-refractivity contribution in [3.8, 4) is 6.07 Å². The van der Waals surface area contributed by atoms with Gasteiger partial charge >= 0.3 is 5.97 Å². The van der Waals surface area contributed by atoms with Gasteiger partial charge in [0.25, 0.3) is 5.91 Å². The van der Waals surface area contributed by atoms with Crippen LogP contribution in [0.25, 0.3) is 0 Å². The molecule has 1 amide bonds. The number of carbonyl (C=O) groups is 2. The lowest BCUT2D eigenvalue weighted by molar-refractivity contribution is -0.150. The van der Waals surface area contributed by atoms with Crippen LogP contribution < -0.4 is 5.32 Å². The molecule has 0 bridgehead atoms. The average molecular weight is 458 g/mol. The van der Waals surface area contributed by atoms with Gasteiger partial charge in [-0.1, -0.05) is 12.1 Å². The Labute approximate surface area is 186 Å². The van der Waals surface area contributed by atoms with E-state index in [2.05, 4.69) is 5.32 Å². The Kier molecular flexibility index (Phi) is 6.93. The predicted molar refractivity (Wildman–Crippen MR) is 115 cm³/mol. The van der Waals surface area contributed by atoms with Gasteiger partial charge in [0, 0.05) is 18.7 Å². The summed E-state index contributed by atoms with van der Waals surface area (Å²) in [6.45, 7) is 2.75. The van der Waals surface area contributed by atoms with Gasteiger partial charge in [-0.3, -0.25) is 9.59 Å². The van der Waals surface area contributed by atoms with Gasteiger partial charge in [0.1, 0.15) is 6.04 Å². The van der Waals surface area contributed by atoms with Gasteiger partial charge in [0.15, 0.2) is 6.61 Å². The highest BCUT2D eigenvalue weighted by molar-refractivity contribution is 7.89. The van der Waals surface area contributed by atoms with E-state index in [-0.39, 0.29) is 17.9 Å². The minimum absolute atomic E-state index is 0.0163. The maximum Gasteiger partial charge on any atom is 0.325 e. The highest BCUT2D eigenvalue weighted by Gasteiger charge is 2.44. The monoisotopic (exact) mass is 457 g/mol. The Morgan fingerprint density at radius 3 is 2.66 bits per heavy atom. The van der Waals surface area contributed by atoms with Crippen molar-refractivity contribution >= 4 is 27.6 Å². The van der Waals surface area contributed by atoms with Crippen molar-refractivity contribution in [2.24, 2.45) is 0 Å². The Bertz CT molecular complexity index is 1190. The van der Waals surface area contributed by atoms with Crippen LogP contribution in [0, 0.1) is 25.2 Å². The maximum atomic E-state index is 13.1. The van der Waals surface area contributed by atoms with Gasteiger partial charge in [-0.15, -0.1) is 0 Å². The SMILES string of the molecule is Cc1ccc(S(=O)(=O)N2CC(O)C[C@H]2C(=O)OCC(=O)Nc2cccc(C#N)c2)cc1C. The van der Waals surface area contributed by atoms with Crippen LogP contribution in [0.15, 0.2) is 47.4 Å². The van der Waals surface area contributed by atoms with Crippen LogP contribution in [-0.2, 0) is 24.3 Å². The third kappa shape index (κ3) is 5.13. The van der Waals surface area contributed by atoms with Crippen LogP contribution in [0.3, 0.4) is 0 Å². The summed E-state index contributed by atoms with van der Waals surface area (Å²) in [6.07, 6.45) is -1.16. The summed E-state index contributed by atoms with van der Waals surface area (Å²) in [4.78, 5) is 24.7. The van der Waals surface area contributed by atoms with Crippen molar-refractivity contribution in [2.75, 3.05) is 18.5 Å². The number of nitrogens with zero attached hydrogens (tertiary/aromatic N) is 2. The molecule has 1 aliphatic heterocycles. The molecule has 9 nitrogen and oxygen atoms in total. The predicted octanol–water partition coefficient (Wildman–Crippen LogP) is 1.48. The first-order valence-electron chi connectivity index (χ1n) is 9.85. The molecule has 1 heterocycles. The van der Waals surface area contributed by atoms with Crippen molar-refractivity contribution in [1.29, 1.82) is 5.26 Å². The van der Waals surface area contributed by atoms with E-state index in [4.69, 9.17) is 10.00 Å². The number of esters is 1. The topological polar surface area (TPSA) is 137 Å². The fourth-order valence-corrected chi connectivity index (χ4v) is 5.08. The molecule has 168 valence electrons. The summed E-state index contributed by atoms with van der Waals surface area (Å²) in [5.74, 6) is -1.56. The zero-order valence-electron chi connectivity index (χ0n) is 17.6. The molecule has 2 N–H and O–H groups in total. The van der Waals surface area contributed by atoms with E-state index in [0.29, 0.717) is 11.3 Å². The van der Waals surface area contributed by atoms with Gasteiger partial charge in [-0.05, 0) is 55.3 Å². The Balaban J connectivity index is 1.68. The van der Waals surface area contributed by atoms with E-state index in [1.807, 2.05) is 13.0 Å². The minimum Gasteiger partial charge on any atom is -0.454 e. The Hall–Kier alpha value is -3.26. The zero-order chi connectivity index (χ0) is 23.5. The van der Waals surface area contributed by atoms with Crippen LogP contribution in [0.5, 0.6) is 0 Å². The third-order valence-electron chi connectivity index (χ3n) is 5.21. The lowest BCUT2D eigenvalue weighted by Crippen LogP contribution is -2.42. The van der Waals surface area contributed by atoms with Crippen LogP contribution in [0.2, 0.25) is 0 Å². The molecular formula is C22H23N3O6S. The van der Waals surface area contributed by atoms with E-state index in [0.717, 1.165) is 15.4 Å². The van der Waals surface area contributed by atoms with E-state index < -0.39 is 40.7 Å². The van der Waals surface area contributed by atoms with Crippen molar-refractivity contribution < 1.29 is 27.9 Å². The summed E-state index contributed by atoms with van der Waals surface area (Å²) >= 11 is 0. The Morgan fingerprint density at radius 2 is 1.97 bits per heavy atom. The summed E-state index contributed by atoms with van der Waals surface area (Å²) < 4.78 is 32.1. The van der Waals surface area contributed by atoms with E-state index in [1.165, 1.54) is 18.2 Å². The molecule has 2 atom stereocenters. The van der Waals surface area contributed by atoms with Crippen molar-refractivity contribution in [2.45, 2.75) is 37.3 Å². The largest absolute Gasteiger partial charge is 0.454 e. The molecule has 10 heteroatoms. The molecule has 0 radical (unpaired) electrons. The second kappa shape index (κ2) is 9.48. The first-order chi connectivity index (χ1) is 15.1. The van der Waals surface area contributed by atoms with E-state index >= 15 is 0 Å². The quantitative estimate of drug-likeness (QED) is 0.627. The van der Waals surface area contributed by atoms with Crippen LogP contribution >= 0.6 is 0 Å². The smallest absolute Gasteiger partial charge is 0.325 e. The highest BCUT2D eigenvalue weighted by atomic mass is 32.2. The first kappa shape index (κ1) is 23.4. The zero-order valence-corrected chi connectivity index (χ0v) is 18.4. The average Bonchev–Trinajstić information content (AvgIpc) is 3.16. The molecule has 32 heavy (non-hydrogen) atoms. The Morgan fingerprint density at radius 1 is 1.22 bits per heavy atom. The maximum absolute atomic E-state index is 13.1. The number of rotatable bonds is 6. The molecule has 2 aromatic carbocycles. The standard InChI is InChI=1S/C22H23N3O6S/c1-14-6-7-19(8-15(14)2)32(29,30)25-12-18(26)10-20(25)22(28)31-13-21(27)24-17-5-3-4-16(9-17)11-23/h3-9,18,20,26H,10,12-13H2,1-2H3,(H,24,27)/t18?,20-/m0/s1. The number of amides is 1. The molecule has 1 fully saturated rings. The molecular weight excluding hydrogens is 434 g/mol. The third-order valence-corrected chi connectivity index (χ3v) is 7.08. The second-order valence-electron chi connectivity index (χ2n) is 7.57.